The van der Waals surface area contributed by atoms with E-state index in [9.17, 15) is 4.39 Å². The third kappa shape index (κ3) is 2.71. The van der Waals surface area contributed by atoms with Gasteiger partial charge in [0, 0.05) is 24.9 Å². The van der Waals surface area contributed by atoms with E-state index < -0.39 is 0 Å². The van der Waals surface area contributed by atoms with Crippen LogP contribution in [0.5, 0.6) is 0 Å². The maximum Gasteiger partial charge on any atom is 0.123 e. The van der Waals surface area contributed by atoms with Crippen LogP contribution in [0.25, 0.3) is 0 Å². The summed E-state index contributed by atoms with van der Waals surface area (Å²) in [6.45, 7) is 1.99. The SMILES string of the molecule is CNC(Cc1ncc[nH]1)c1cc(F)ccc1C. The Balaban J connectivity index is 2.25. The monoisotopic (exact) mass is 233 g/mol. The molecule has 0 radical (unpaired) electrons. The highest BCUT2D eigenvalue weighted by Crippen LogP contribution is 2.21. The van der Waals surface area contributed by atoms with E-state index in [0.717, 1.165) is 17.0 Å². The van der Waals surface area contributed by atoms with Crippen LogP contribution in [0.4, 0.5) is 4.39 Å². The molecule has 4 heteroatoms. The fourth-order valence-corrected chi connectivity index (χ4v) is 1.96. The van der Waals surface area contributed by atoms with E-state index in [-0.39, 0.29) is 11.9 Å². The van der Waals surface area contributed by atoms with Crippen LogP contribution >= 0.6 is 0 Å². The summed E-state index contributed by atoms with van der Waals surface area (Å²) in [5.41, 5.74) is 2.06. The summed E-state index contributed by atoms with van der Waals surface area (Å²) in [5.74, 6) is 0.693. The molecule has 17 heavy (non-hydrogen) atoms. The van der Waals surface area contributed by atoms with E-state index in [1.54, 1.807) is 24.5 Å². The van der Waals surface area contributed by atoms with Crippen molar-refractivity contribution < 1.29 is 4.39 Å². The molecule has 2 N–H and O–H groups in total. The summed E-state index contributed by atoms with van der Waals surface area (Å²) >= 11 is 0. The van der Waals surface area contributed by atoms with Crippen LogP contribution in [0.2, 0.25) is 0 Å². The largest absolute Gasteiger partial charge is 0.349 e. The molecule has 1 heterocycles. The molecule has 1 aromatic carbocycles. The highest BCUT2D eigenvalue weighted by Gasteiger charge is 2.14. The Morgan fingerprint density at radius 1 is 1.47 bits per heavy atom. The molecule has 2 rings (SSSR count). The summed E-state index contributed by atoms with van der Waals surface area (Å²) in [6, 6.07) is 4.94. The van der Waals surface area contributed by atoms with Crippen LogP contribution in [0.1, 0.15) is 23.0 Å². The number of benzene rings is 1. The first-order chi connectivity index (χ1) is 8.20. The fourth-order valence-electron chi connectivity index (χ4n) is 1.96. The van der Waals surface area contributed by atoms with E-state index in [4.69, 9.17) is 0 Å². The molecule has 0 aliphatic heterocycles. The van der Waals surface area contributed by atoms with Gasteiger partial charge in [-0.2, -0.15) is 0 Å². The van der Waals surface area contributed by atoms with Gasteiger partial charge >= 0.3 is 0 Å². The summed E-state index contributed by atoms with van der Waals surface area (Å²) in [7, 11) is 1.87. The lowest BCUT2D eigenvalue weighted by molar-refractivity contribution is 0.563. The van der Waals surface area contributed by atoms with Gasteiger partial charge < -0.3 is 10.3 Å². The van der Waals surface area contributed by atoms with E-state index in [2.05, 4.69) is 15.3 Å². The zero-order valence-corrected chi connectivity index (χ0v) is 10.00. The topological polar surface area (TPSA) is 40.7 Å². The first kappa shape index (κ1) is 11.8. The number of aromatic amines is 1. The Kier molecular flexibility index (Phi) is 3.54. The number of aromatic nitrogens is 2. The first-order valence-electron chi connectivity index (χ1n) is 5.62. The third-order valence-electron chi connectivity index (χ3n) is 2.92. The average molecular weight is 233 g/mol. The highest BCUT2D eigenvalue weighted by molar-refractivity contribution is 5.30. The van der Waals surface area contributed by atoms with Crippen LogP contribution in [-0.4, -0.2) is 17.0 Å². The summed E-state index contributed by atoms with van der Waals surface area (Å²) in [4.78, 5) is 7.25. The number of likely N-dealkylation sites (N-methyl/N-ethyl adjacent to an activating group) is 1. The second kappa shape index (κ2) is 5.10. The standard InChI is InChI=1S/C13H16FN3/c1-9-3-4-10(14)7-11(9)12(15-2)8-13-16-5-6-17-13/h3-7,12,15H,8H2,1-2H3,(H,16,17). The second-order valence-corrected chi connectivity index (χ2v) is 4.08. The quantitative estimate of drug-likeness (QED) is 0.851. The van der Waals surface area contributed by atoms with Gasteiger partial charge in [0.1, 0.15) is 11.6 Å². The van der Waals surface area contributed by atoms with Crippen molar-refractivity contribution in [2.45, 2.75) is 19.4 Å². The number of hydrogen-bond acceptors (Lipinski definition) is 2. The minimum Gasteiger partial charge on any atom is -0.349 e. The second-order valence-electron chi connectivity index (χ2n) is 4.08. The Labute approximate surface area is 100 Å². The van der Waals surface area contributed by atoms with E-state index in [1.807, 2.05) is 14.0 Å². The number of rotatable bonds is 4. The lowest BCUT2D eigenvalue weighted by Crippen LogP contribution is -2.20. The Morgan fingerprint density at radius 2 is 2.29 bits per heavy atom. The predicted octanol–water partition coefficient (Wildman–Crippen LogP) is 2.36. The minimum atomic E-state index is -0.203. The van der Waals surface area contributed by atoms with Crippen molar-refractivity contribution in [2.24, 2.45) is 0 Å². The molecule has 1 atom stereocenters. The maximum atomic E-state index is 13.3. The Bertz CT molecular complexity index is 479. The summed E-state index contributed by atoms with van der Waals surface area (Å²) in [6.07, 6.45) is 4.23. The summed E-state index contributed by atoms with van der Waals surface area (Å²) < 4.78 is 13.3. The molecule has 2 aromatic rings. The number of hydrogen-bond donors (Lipinski definition) is 2. The lowest BCUT2D eigenvalue weighted by Gasteiger charge is -2.17. The van der Waals surface area contributed by atoms with E-state index in [0.29, 0.717) is 6.42 Å². The fraction of sp³-hybridized carbons (Fsp3) is 0.308. The van der Waals surface area contributed by atoms with Crippen molar-refractivity contribution >= 4 is 0 Å². The van der Waals surface area contributed by atoms with Crippen LogP contribution in [-0.2, 0) is 6.42 Å². The van der Waals surface area contributed by atoms with Gasteiger partial charge in [-0.3, -0.25) is 0 Å². The molecule has 1 unspecified atom stereocenters. The lowest BCUT2D eigenvalue weighted by atomic mass is 9.98. The highest BCUT2D eigenvalue weighted by atomic mass is 19.1. The van der Waals surface area contributed by atoms with Gasteiger partial charge in [0.15, 0.2) is 0 Å². The number of nitrogens with one attached hydrogen (secondary N) is 2. The third-order valence-corrected chi connectivity index (χ3v) is 2.92. The number of nitrogens with zero attached hydrogens (tertiary/aromatic N) is 1. The van der Waals surface area contributed by atoms with Crippen molar-refractivity contribution in [3.8, 4) is 0 Å². The molecule has 0 saturated heterocycles. The number of imidazole rings is 1. The van der Waals surface area contributed by atoms with Crippen molar-refractivity contribution in [1.82, 2.24) is 15.3 Å². The molecule has 0 amide bonds. The molecule has 3 nitrogen and oxygen atoms in total. The number of H-pyrrole nitrogens is 1. The molecule has 1 aromatic heterocycles. The minimum absolute atomic E-state index is 0.0665. The Hall–Kier alpha value is -1.68. The molecule has 0 aliphatic rings. The van der Waals surface area contributed by atoms with Gasteiger partial charge in [-0.25, -0.2) is 9.37 Å². The maximum absolute atomic E-state index is 13.3. The molecule has 0 spiro atoms. The molecule has 0 aliphatic carbocycles. The molecular formula is C13H16FN3. The van der Waals surface area contributed by atoms with Gasteiger partial charge in [-0.1, -0.05) is 6.07 Å². The van der Waals surface area contributed by atoms with Gasteiger partial charge in [0.05, 0.1) is 0 Å². The smallest absolute Gasteiger partial charge is 0.123 e. The zero-order chi connectivity index (χ0) is 12.3. The normalized spacial score (nSPS) is 12.6. The van der Waals surface area contributed by atoms with Gasteiger partial charge in [-0.05, 0) is 37.2 Å². The van der Waals surface area contributed by atoms with Crippen molar-refractivity contribution in [2.75, 3.05) is 7.05 Å². The zero-order valence-electron chi connectivity index (χ0n) is 10.00. The summed E-state index contributed by atoms with van der Waals surface area (Å²) in [5, 5.41) is 3.20. The number of aryl methyl sites for hydroxylation is 1. The predicted molar refractivity (Wildman–Crippen MR) is 65.2 cm³/mol. The van der Waals surface area contributed by atoms with Crippen LogP contribution in [0.15, 0.2) is 30.6 Å². The van der Waals surface area contributed by atoms with Crippen molar-refractivity contribution in [1.29, 1.82) is 0 Å². The van der Waals surface area contributed by atoms with Crippen molar-refractivity contribution in [3.05, 3.63) is 53.4 Å². The Morgan fingerprint density at radius 3 is 2.94 bits per heavy atom. The average Bonchev–Trinajstić information content (AvgIpc) is 2.82. The van der Waals surface area contributed by atoms with Crippen molar-refractivity contribution in [3.63, 3.8) is 0 Å². The molecular weight excluding hydrogens is 217 g/mol. The molecule has 0 fully saturated rings. The van der Waals surface area contributed by atoms with Crippen LogP contribution < -0.4 is 5.32 Å². The van der Waals surface area contributed by atoms with Gasteiger partial charge in [-0.15, -0.1) is 0 Å². The van der Waals surface area contributed by atoms with E-state index >= 15 is 0 Å². The first-order valence-corrected chi connectivity index (χ1v) is 5.62. The van der Waals surface area contributed by atoms with E-state index in [1.165, 1.54) is 6.07 Å². The molecule has 0 saturated carbocycles. The van der Waals surface area contributed by atoms with Gasteiger partial charge in [0.25, 0.3) is 0 Å². The number of halogens is 1. The van der Waals surface area contributed by atoms with Crippen LogP contribution in [0.3, 0.4) is 0 Å². The molecule has 0 bridgehead atoms. The molecule has 90 valence electrons. The van der Waals surface area contributed by atoms with Crippen LogP contribution in [0, 0.1) is 12.7 Å². The van der Waals surface area contributed by atoms with Gasteiger partial charge in [0.2, 0.25) is 0 Å².